The van der Waals surface area contributed by atoms with Crippen LogP contribution in [0, 0.1) is 5.92 Å². The number of hydrogen-bond donors (Lipinski definition) is 0. The number of benzene rings is 1. The van der Waals surface area contributed by atoms with E-state index in [2.05, 4.69) is 9.57 Å². The van der Waals surface area contributed by atoms with Crippen molar-refractivity contribution >= 4 is 29.9 Å². The Morgan fingerprint density at radius 1 is 1.04 bits per heavy atom. The Morgan fingerprint density at radius 3 is 2.29 bits per heavy atom. The van der Waals surface area contributed by atoms with Gasteiger partial charge in [0.05, 0.1) is 17.9 Å². The minimum absolute atomic E-state index is 0.155. The van der Waals surface area contributed by atoms with Crippen LogP contribution < -0.4 is 0 Å². The maximum absolute atomic E-state index is 12.2. The smallest absolute Gasteiger partial charge is 0.448 e. The fourth-order valence-corrected chi connectivity index (χ4v) is 2.10. The first kappa shape index (κ1) is 20.9. The van der Waals surface area contributed by atoms with Crippen LogP contribution in [0.3, 0.4) is 0 Å². The van der Waals surface area contributed by atoms with Gasteiger partial charge in [0.2, 0.25) is 6.29 Å². The van der Waals surface area contributed by atoms with Crippen LogP contribution in [0.15, 0.2) is 30.3 Å². The number of nitrogens with zero attached hydrogens (tertiary/aromatic N) is 1. The van der Waals surface area contributed by atoms with E-state index in [1.165, 1.54) is 19.1 Å². The van der Waals surface area contributed by atoms with E-state index in [0.717, 1.165) is 0 Å². The molecule has 10 heteroatoms. The molecule has 2 unspecified atom stereocenters. The van der Waals surface area contributed by atoms with Crippen LogP contribution >= 0.6 is 0 Å². The number of esters is 2. The van der Waals surface area contributed by atoms with E-state index in [4.69, 9.17) is 9.47 Å². The SMILES string of the molecule is CC(OC(=O)ON1C(=O)CC(OC(=O)c2ccccc2)C1=O)OC(=O)C(C)C. The molecule has 1 aromatic carbocycles. The van der Waals surface area contributed by atoms with Crippen LogP contribution in [0.4, 0.5) is 4.79 Å². The first-order valence-corrected chi connectivity index (χ1v) is 8.41. The zero-order valence-corrected chi connectivity index (χ0v) is 15.4. The van der Waals surface area contributed by atoms with Gasteiger partial charge in [-0.15, -0.1) is 0 Å². The van der Waals surface area contributed by atoms with Gasteiger partial charge in [-0.3, -0.25) is 19.2 Å². The van der Waals surface area contributed by atoms with Gasteiger partial charge in [0.1, 0.15) is 0 Å². The lowest BCUT2D eigenvalue weighted by Gasteiger charge is -2.17. The topological polar surface area (TPSA) is 126 Å². The highest BCUT2D eigenvalue weighted by molar-refractivity contribution is 6.05. The van der Waals surface area contributed by atoms with Crippen LogP contribution in [0.25, 0.3) is 0 Å². The second-order valence-corrected chi connectivity index (χ2v) is 6.11. The molecule has 0 aromatic heterocycles. The summed E-state index contributed by atoms with van der Waals surface area (Å²) >= 11 is 0. The Balaban J connectivity index is 1.90. The Labute approximate surface area is 160 Å². The Hall–Kier alpha value is -3.43. The molecule has 1 aliphatic heterocycles. The van der Waals surface area contributed by atoms with E-state index < -0.39 is 54.6 Å². The third-order valence-corrected chi connectivity index (χ3v) is 3.50. The summed E-state index contributed by atoms with van der Waals surface area (Å²) in [5.41, 5.74) is 0.197. The number of imide groups is 1. The molecule has 10 nitrogen and oxygen atoms in total. The maximum Gasteiger partial charge on any atom is 0.537 e. The number of hydroxylamine groups is 2. The lowest BCUT2D eigenvalue weighted by molar-refractivity contribution is -0.193. The predicted octanol–water partition coefficient (Wildman–Crippen LogP) is 1.58. The quantitative estimate of drug-likeness (QED) is 0.402. The summed E-state index contributed by atoms with van der Waals surface area (Å²) in [6, 6.07) is 7.87. The fraction of sp³-hybridized carbons (Fsp3) is 0.389. The molecule has 0 aliphatic carbocycles. The van der Waals surface area contributed by atoms with E-state index >= 15 is 0 Å². The van der Waals surface area contributed by atoms with Crippen molar-refractivity contribution in [1.82, 2.24) is 5.06 Å². The minimum Gasteiger partial charge on any atom is -0.448 e. The van der Waals surface area contributed by atoms with Crippen LogP contribution in [0.2, 0.25) is 0 Å². The molecule has 1 aliphatic rings. The number of carbonyl (C=O) groups is 5. The van der Waals surface area contributed by atoms with E-state index in [1.807, 2.05) is 0 Å². The molecule has 0 saturated carbocycles. The molecule has 1 saturated heterocycles. The normalized spacial score (nSPS) is 17.3. The summed E-state index contributed by atoms with van der Waals surface area (Å²) in [5, 5.41) is 0.155. The maximum atomic E-state index is 12.2. The van der Waals surface area contributed by atoms with Gasteiger partial charge in [-0.05, 0) is 12.1 Å². The molecule has 0 spiro atoms. The van der Waals surface area contributed by atoms with Crippen molar-refractivity contribution in [2.45, 2.75) is 39.6 Å². The number of carbonyl (C=O) groups excluding carboxylic acids is 5. The fourth-order valence-electron chi connectivity index (χ4n) is 2.10. The highest BCUT2D eigenvalue weighted by Crippen LogP contribution is 2.19. The van der Waals surface area contributed by atoms with Crippen molar-refractivity contribution in [1.29, 1.82) is 0 Å². The summed E-state index contributed by atoms with van der Waals surface area (Å²) in [4.78, 5) is 63.8. The summed E-state index contributed by atoms with van der Waals surface area (Å²) in [6.07, 6.45) is -4.63. The highest BCUT2D eigenvalue weighted by Gasteiger charge is 2.45. The average molecular weight is 393 g/mol. The average Bonchev–Trinajstić information content (AvgIpc) is 2.89. The first-order chi connectivity index (χ1) is 13.2. The number of hydrogen-bond acceptors (Lipinski definition) is 9. The van der Waals surface area contributed by atoms with E-state index in [1.54, 1.807) is 32.0 Å². The van der Waals surface area contributed by atoms with Gasteiger partial charge in [-0.2, -0.15) is 0 Å². The predicted molar refractivity (Wildman–Crippen MR) is 90.1 cm³/mol. The van der Waals surface area contributed by atoms with Crippen molar-refractivity contribution in [2.75, 3.05) is 0 Å². The molecule has 0 radical (unpaired) electrons. The number of ether oxygens (including phenoxy) is 3. The Kier molecular flexibility index (Phi) is 6.69. The lowest BCUT2D eigenvalue weighted by atomic mass is 10.2. The van der Waals surface area contributed by atoms with Gasteiger partial charge in [-0.1, -0.05) is 37.1 Å². The van der Waals surface area contributed by atoms with Crippen molar-refractivity contribution in [3.63, 3.8) is 0 Å². The standard InChI is InChI=1S/C18H19NO9/c1-10(2)16(22)25-11(3)26-18(24)28-19-14(20)9-13(15(19)21)27-17(23)12-7-5-4-6-8-12/h4-8,10-11,13H,9H2,1-3H3. The lowest BCUT2D eigenvalue weighted by Crippen LogP contribution is -2.37. The summed E-state index contributed by atoms with van der Waals surface area (Å²) in [7, 11) is 0. The number of amides is 2. The molecule has 1 fully saturated rings. The highest BCUT2D eigenvalue weighted by atomic mass is 16.9. The molecular weight excluding hydrogens is 374 g/mol. The molecule has 1 heterocycles. The molecule has 2 rings (SSSR count). The Morgan fingerprint density at radius 2 is 1.68 bits per heavy atom. The third-order valence-electron chi connectivity index (χ3n) is 3.50. The molecular formula is C18H19NO9. The number of rotatable bonds is 6. The molecule has 2 amide bonds. The second-order valence-electron chi connectivity index (χ2n) is 6.11. The largest absolute Gasteiger partial charge is 0.537 e. The third kappa shape index (κ3) is 5.29. The first-order valence-electron chi connectivity index (χ1n) is 8.41. The minimum atomic E-state index is -1.43. The zero-order chi connectivity index (χ0) is 20.8. The van der Waals surface area contributed by atoms with Crippen molar-refractivity contribution < 1.29 is 43.0 Å². The molecule has 0 N–H and O–H groups in total. The van der Waals surface area contributed by atoms with Crippen molar-refractivity contribution in [3.05, 3.63) is 35.9 Å². The van der Waals surface area contributed by atoms with Gasteiger partial charge >= 0.3 is 24.0 Å². The van der Waals surface area contributed by atoms with Gasteiger partial charge in [0, 0.05) is 6.92 Å². The summed E-state index contributed by atoms with van der Waals surface area (Å²) in [5.74, 6) is -3.77. The molecule has 28 heavy (non-hydrogen) atoms. The van der Waals surface area contributed by atoms with Crippen molar-refractivity contribution in [2.24, 2.45) is 5.92 Å². The van der Waals surface area contributed by atoms with Gasteiger partial charge < -0.3 is 14.2 Å². The van der Waals surface area contributed by atoms with Crippen LogP contribution in [0.1, 0.15) is 37.6 Å². The van der Waals surface area contributed by atoms with E-state index in [9.17, 15) is 24.0 Å². The van der Waals surface area contributed by atoms with Crippen LogP contribution in [0.5, 0.6) is 0 Å². The Bertz CT molecular complexity index is 775. The van der Waals surface area contributed by atoms with Gasteiger partial charge in [-0.25, -0.2) is 9.59 Å². The summed E-state index contributed by atoms with van der Waals surface area (Å²) in [6.45, 7) is 4.44. The monoisotopic (exact) mass is 393 g/mol. The van der Waals surface area contributed by atoms with E-state index in [0.29, 0.717) is 0 Å². The molecule has 0 bridgehead atoms. The zero-order valence-electron chi connectivity index (χ0n) is 15.4. The second kappa shape index (κ2) is 8.98. The summed E-state index contributed by atoms with van der Waals surface area (Å²) < 4.78 is 14.5. The molecule has 1 aromatic rings. The van der Waals surface area contributed by atoms with Crippen LogP contribution in [-0.2, 0) is 33.4 Å². The molecule has 2 atom stereocenters. The van der Waals surface area contributed by atoms with E-state index in [-0.39, 0.29) is 10.6 Å². The van der Waals surface area contributed by atoms with Crippen LogP contribution in [-0.4, -0.2) is 47.4 Å². The van der Waals surface area contributed by atoms with Gasteiger partial charge in [0.25, 0.3) is 5.91 Å². The molecule has 150 valence electrons. The van der Waals surface area contributed by atoms with Crippen molar-refractivity contribution in [3.8, 4) is 0 Å². The van der Waals surface area contributed by atoms with Gasteiger partial charge in [0.15, 0.2) is 6.10 Å².